The zero-order chi connectivity index (χ0) is 22.5. The predicted octanol–water partition coefficient (Wildman–Crippen LogP) is 1.09. The molecule has 0 saturated carbocycles. The van der Waals surface area contributed by atoms with Crippen LogP contribution >= 0.6 is 0 Å². The van der Waals surface area contributed by atoms with Crippen LogP contribution in [-0.4, -0.2) is 71.3 Å². The summed E-state index contributed by atoms with van der Waals surface area (Å²) in [5, 5.41) is 28.8. The average Bonchev–Trinajstić information content (AvgIpc) is 3.48. The lowest BCUT2D eigenvalue weighted by Crippen LogP contribution is -2.29. The van der Waals surface area contributed by atoms with Crippen LogP contribution in [0.15, 0.2) is 17.2 Å². The first kappa shape index (κ1) is 21.2. The van der Waals surface area contributed by atoms with Crippen LogP contribution in [0.25, 0.3) is 11.2 Å². The Bertz CT molecular complexity index is 1090. The molecule has 2 aliphatic rings. The van der Waals surface area contributed by atoms with Crippen LogP contribution in [0.1, 0.15) is 57.7 Å². The van der Waals surface area contributed by atoms with E-state index in [0.717, 1.165) is 12.8 Å². The van der Waals surface area contributed by atoms with Crippen molar-refractivity contribution in [1.82, 2.24) is 29.7 Å². The van der Waals surface area contributed by atoms with Crippen LogP contribution in [-0.2, 0) is 14.9 Å². The van der Waals surface area contributed by atoms with Gasteiger partial charge < -0.3 is 29.5 Å². The lowest BCUT2D eigenvalue weighted by atomic mass is 9.96. The molecule has 12 heteroatoms. The van der Waals surface area contributed by atoms with Gasteiger partial charge >= 0.3 is 0 Å². The first-order valence-corrected chi connectivity index (χ1v) is 10.7. The van der Waals surface area contributed by atoms with Crippen molar-refractivity contribution < 1.29 is 24.2 Å². The van der Waals surface area contributed by atoms with Gasteiger partial charge in [0.15, 0.2) is 35.1 Å². The van der Waals surface area contributed by atoms with Crippen molar-refractivity contribution in [1.29, 1.82) is 0 Å². The van der Waals surface area contributed by atoms with Gasteiger partial charge in [-0.25, -0.2) is 15.0 Å². The molecule has 0 bridgehead atoms. The number of imidazole rings is 1. The van der Waals surface area contributed by atoms with E-state index < -0.39 is 24.5 Å². The fraction of sp³-hybridized carbons (Fsp3) is 0.650. The number of aliphatic hydroxyl groups is 2. The van der Waals surface area contributed by atoms with Crippen LogP contribution in [0.2, 0.25) is 0 Å². The molecule has 0 aliphatic carbocycles. The number of rotatable bonds is 4. The van der Waals surface area contributed by atoms with Crippen molar-refractivity contribution in [3.8, 4) is 0 Å². The first-order chi connectivity index (χ1) is 15.3. The summed E-state index contributed by atoms with van der Waals surface area (Å²) in [6, 6.07) is 0.237. The molecule has 2 fully saturated rings. The number of anilines is 1. The third-order valence-electron chi connectivity index (χ3n) is 5.79. The molecule has 0 radical (unpaired) electrons. The monoisotopic (exact) mass is 445 g/mol. The molecule has 0 unspecified atom stereocenters. The summed E-state index contributed by atoms with van der Waals surface area (Å²) in [5.41, 5.74) is 0.710. The van der Waals surface area contributed by atoms with Gasteiger partial charge in [-0.15, -0.1) is 0 Å². The molecule has 5 rings (SSSR count). The molecule has 12 nitrogen and oxygen atoms in total. The van der Waals surface area contributed by atoms with E-state index in [9.17, 15) is 10.2 Å². The Balaban J connectivity index is 1.41. The highest BCUT2D eigenvalue weighted by molar-refractivity contribution is 5.82. The van der Waals surface area contributed by atoms with Gasteiger partial charge in [-0.2, -0.15) is 4.98 Å². The van der Waals surface area contributed by atoms with Crippen molar-refractivity contribution in [2.75, 3.05) is 18.5 Å². The molecular weight excluding hydrogens is 418 g/mol. The second-order valence-electron chi connectivity index (χ2n) is 9.21. The summed E-state index contributed by atoms with van der Waals surface area (Å²) in [4.78, 5) is 17.5. The molecule has 3 N–H and O–H groups in total. The quantitative estimate of drug-likeness (QED) is 0.529. The topological polar surface area (TPSA) is 153 Å². The zero-order valence-corrected chi connectivity index (χ0v) is 18.2. The standard InChI is InChI=1S/C20H27N7O5/c1-20(2,3)19-25-17(32-26-19)14-12(28)13(29)18(31-14)27-9-23-11-15(21-8-22-16(11)27)24-10-4-6-30-7-5-10/h8-10,12-14,18,28-29H,4-7H2,1-3H3,(H,21,22,24)/t12-,13+,14-,18+/m0/s1. The van der Waals surface area contributed by atoms with Crippen LogP contribution in [0.5, 0.6) is 0 Å². The summed E-state index contributed by atoms with van der Waals surface area (Å²) in [6.07, 6.45) is 0.304. The van der Waals surface area contributed by atoms with Crippen LogP contribution in [0.4, 0.5) is 5.82 Å². The molecule has 3 aromatic rings. The van der Waals surface area contributed by atoms with E-state index in [-0.39, 0.29) is 17.3 Å². The maximum Gasteiger partial charge on any atom is 0.258 e. The van der Waals surface area contributed by atoms with Gasteiger partial charge in [0.1, 0.15) is 18.5 Å². The van der Waals surface area contributed by atoms with Gasteiger partial charge in [-0.1, -0.05) is 25.9 Å². The van der Waals surface area contributed by atoms with Crippen molar-refractivity contribution >= 4 is 17.0 Å². The number of aliphatic hydroxyl groups excluding tert-OH is 2. The Labute approximate surface area is 184 Å². The number of nitrogens with one attached hydrogen (secondary N) is 1. The second kappa shape index (κ2) is 8.03. The minimum atomic E-state index is -1.26. The van der Waals surface area contributed by atoms with E-state index in [1.807, 2.05) is 20.8 Å². The average molecular weight is 445 g/mol. The molecule has 3 aromatic heterocycles. The largest absolute Gasteiger partial charge is 0.387 e. The van der Waals surface area contributed by atoms with Gasteiger partial charge in [0.05, 0.1) is 6.33 Å². The molecule has 0 aromatic carbocycles. The highest BCUT2D eigenvalue weighted by Gasteiger charge is 2.48. The number of hydrogen-bond donors (Lipinski definition) is 3. The van der Waals surface area contributed by atoms with Gasteiger partial charge in [-0.05, 0) is 12.8 Å². The third-order valence-corrected chi connectivity index (χ3v) is 5.79. The molecule has 5 heterocycles. The first-order valence-electron chi connectivity index (χ1n) is 10.7. The minimum Gasteiger partial charge on any atom is -0.387 e. The van der Waals surface area contributed by atoms with E-state index in [1.54, 1.807) is 4.57 Å². The summed E-state index contributed by atoms with van der Waals surface area (Å²) in [5.74, 6) is 1.22. The van der Waals surface area contributed by atoms with Gasteiger partial charge in [0, 0.05) is 24.7 Å². The molecule has 0 spiro atoms. The number of fused-ring (bicyclic) bond motifs is 1. The molecule has 2 aliphatic heterocycles. The highest BCUT2D eigenvalue weighted by Crippen LogP contribution is 2.40. The Kier molecular flexibility index (Phi) is 5.32. The summed E-state index contributed by atoms with van der Waals surface area (Å²) >= 11 is 0. The van der Waals surface area contributed by atoms with Gasteiger partial charge in [0.2, 0.25) is 0 Å². The predicted molar refractivity (Wildman–Crippen MR) is 111 cm³/mol. The van der Waals surface area contributed by atoms with E-state index in [0.29, 0.717) is 36.0 Å². The van der Waals surface area contributed by atoms with Crippen molar-refractivity contribution in [2.24, 2.45) is 0 Å². The molecule has 4 atom stereocenters. The van der Waals surface area contributed by atoms with E-state index in [2.05, 4.69) is 30.4 Å². The normalized spacial score (nSPS) is 27.3. The molecule has 0 amide bonds. The Morgan fingerprint density at radius 2 is 1.88 bits per heavy atom. The smallest absolute Gasteiger partial charge is 0.258 e. The Morgan fingerprint density at radius 3 is 2.59 bits per heavy atom. The summed E-state index contributed by atoms with van der Waals surface area (Å²) in [7, 11) is 0. The minimum absolute atomic E-state index is 0.116. The molecule has 2 saturated heterocycles. The zero-order valence-electron chi connectivity index (χ0n) is 18.2. The van der Waals surface area contributed by atoms with Crippen molar-refractivity contribution in [2.45, 2.75) is 69.6 Å². The van der Waals surface area contributed by atoms with Gasteiger partial charge in [0.25, 0.3) is 5.89 Å². The molecular formula is C20H27N7O5. The number of ether oxygens (including phenoxy) is 2. The summed E-state index contributed by atoms with van der Waals surface area (Å²) < 4.78 is 18.3. The Hall–Kier alpha value is -2.67. The van der Waals surface area contributed by atoms with Crippen molar-refractivity contribution in [3.05, 3.63) is 24.4 Å². The molecule has 32 heavy (non-hydrogen) atoms. The van der Waals surface area contributed by atoms with E-state index in [4.69, 9.17) is 14.0 Å². The van der Waals surface area contributed by atoms with E-state index >= 15 is 0 Å². The fourth-order valence-corrected chi connectivity index (χ4v) is 3.93. The second-order valence-corrected chi connectivity index (χ2v) is 9.21. The van der Waals surface area contributed by atoms with Crippen LogP contribution in [0.3, 0.4) is 0 Å². The van der Waals surface area contributed by atoms with Crippen molar-refractivity contribution in [3.63, 3.8) is 0 Å². The lowest BCUT2D eigenvalue weighted by Gasteiger charge is -2.23. The third kappa shape index (κ3) is 3.72. The highest BCUT2D eigenvalue weighted by atomic mass is 16.6. The van der Waals surface area contributed by atoms with Crippen LogP contribution < -0.4 is 5.32 Å². The number of nitrogens with zero attached hydrogens (tertiary/aromatic N) is 6. The summed E-state index contributed by atoms with van der Waals surface area (Å²) in [6.45, 7) is 7.26. The maximum atomic E-state index is 10.7. The lowest BCUT2D eigenvalue weighted by molar-refractivity contribution is -0.0451. The maximum absolute atomic E-state index is 10.7. The molecule has 172 valence electrons. The Morgan fingerprint density at radius 1 is 1.09 bits per heavy atom. The van der Waals surface area contributed by atoms with Crippen LogP contribution in [0, 0.1) is 0 Å². The fourth-order valence-electron chi connectivity index (χ4n) is 3.93. The number of aromatic nitrogens is 6. The van der Waals surface area contributed by atoms with Gasteiger partial charge in [-0.3, -0.25) is 4.57 Å². The SMILES string of the molecule is CC(C)(C)c1noc([C@H]2O[C@@H](n3cnc4c(NC5CCOCC5)ncnc43)[C@H](O)[C@@H]2O)n1. The number of hydrogen-bond acceptors (Lipinski definition) is 11. The van der Waals surface area contributed by atoms with E-state index in [1.165, 1.54) is 12.7 Å².